The summed E-state index contributed by atoms with van der Waals surface area (Å²) in [5.41, 5.74) is 9.64. The Hall–Kier alpha value is -3.04. The molecule has 1 aromatic heterocycles. The topological polar surface area (TPSA) is 97.0 Å². The van der Waals surface area contributed by atoms with Crippen molar-refractivity contribution in [2.75, 3.05) is 43.4 Å². The van der Waals surface area contributed by atoms with E-state index >= 15 is 0 Å². The second-order valence-electron chi connectivity index (χ2n) is 9.33. The Morgan fingerprint density at radius 1 is 0.943 bits per heavy atom. The number of aliphatic hydroxyl groups is 1. The Bertz CT molecular complexity index is 1090. The number of benzene rings is 2. The summed E-state index contributed by atoms with van der Waals surface area (Å²) in [5, 5.41) is 9.44. The van der Waals surface area contributed by atoms with Gasteiger partial charge in [-0.2, -0.15) is 0 Å². The molecule has 0 radical (unpaired) electrons. The van der Waals surface area contributed by atoms with Gasteiger partial charge in [-0.25, -0.2) is 9.97 Å². The Kier molecular flexibility index (Phi) is 7.24. The molecule has 1 unspecified atom stereocenters. The van der Waals surface area contributed by atoms with Gasteiger partial charge in [0.25, 0.3) is 0 Å². The standard InChI is InChI=1S/C27H33N5O3/c1-19-24(17-31-12-14-32(15-13-31)27-29-10-3-11-30-27)34-26(22-4-2-5-23(28)16-22)35-25(19)21-8-6-20(18-33)7-9-21/h2-11,16,19,24-26,33H,12-15,17-18,28H2,1H3/t19-,24+,25+,26?/m0/s1. The van der Waals surface area contributed by atoms with E-state index in [1.165, 1.54) is 0 Å². The summed E-state index contributed by atoms with van der Waals surface area (Å²) < 4.78 is 13.1. The minimum Gasteiger partial charge on any atom is -0.399 e. The smallest absolute Gasteiger partial charge is 0.225 e. The SMILES string of the molecule is C[C@H]1[C@@H](CN2CCN(c3ncccn3)CC2)OC(c2cccc(N)c2)O[C@H]1c1ccc(CO)cc1. The molecule has 8 heteroatoms. The van der Waals surface area contributed by atoms with Crippen molar-refractivity contribution in [2.24, 2.45) is 5.92 Å². The second-order valence-corrected chi connectivity index (χ2v) is 9.33. The van der Waals surface area contributed by atoms with Crippen molar-refractivity contribution in [3.05, 3.63) is 83.7 Å². The Morgan fingerprint density at radius 2 is 1.69 bits per heavy atom. The molecule has 5 rings (SSSR count). The maximum atomic E-state index is 9.44. The van der Waals surface area contributed by atoms with Crippen LogP contribution in [0.25, 0.3) is 0 Å². The molecule has 35 heavy (non-hydrogen) atoms. The van der Waals surface area contributed by atoms with Crippen molar-refractivity contribution in [1.29, 1.82) is 0 Å². The number of piperazine rings is 1. The molecule has 3 heterocycles. The molecule has 2 saturated heterocycles. The van der Waals surface area contributed by atoms with Crippen molar-refractivity contribution < 1.29 is 14.6 Å². The predicted octanol–water partition coefficient (Wildman–Crippen LogP) is 3.16. The average molecular weight is 476 g/mol. The van der Waals surface area contributed by atoms with E-state index in [1.807, 2.05) is 54.6 Å². The van der Waals surface area contributed by atoms with Gasteiger partial charge in [0.1, 0.15) is 0 Å². The third kappa shape index (κ3) is 5.46. The lowest BCUT2D eigenvalue weighted by molar-refractivity contribution is -0.276. The molecule has 0 bridgehead atoms. The number of rotatable bonds is 6. The fraction of sp³-hybridized carbons (Fsp3) is 0.407. The summed E-state index contributed by atoms with van der Waals surface area (Å²) in [6.45, 7) is 6.64. The van der Waals surface area contributed by atoms with Gasteiger partial charge in [-0.1, -0.05) is 43.3 Å². The number of nitrogens with two attached hydrogens (primary N) is 1. The number of hydrogen-bond acceptors (Lipinski definition) is 8. The van der Waals surface area contributed by atoms with Gasteiger partial charge in [-0.05, 0) is 29.3 Å². The average Bonchev–Trinajstić information content (AvgIpc) is 2.91. The highest BCUT2D eigenvalue weighted by Gasteiger charge is 2.39. The van der Waals surface area contributed by atoms with E-state index in [-0.39, 0.29) is 24.7 Å². The second kappa shape index (κ2) is 10.7. The summed E-state index contributed by atoms with van der Waals surface area (Å²) in [5.74, 6) is 0.929. The zero-order valence-electron chi connectivity index (χ0n) is 20.0. The zero-order valence-corrected chi connectivity index (χ0v) is 20.0. The van der Waals surface area contributed by atoms with Crippen molar-refractivity contribution in [3.8, 4) is 0 Å². The van der Waals surface area contributed by atoms with Crippen LogP contribution < -0.4 is 10.6 Å². The molecule has 184 valence electrons. The van der Waals surface area contributed by atoms with Crippen LogP contribution in [0.15, 0.2) is 67.0 Å². The Morgan fingerprint density at radius 3 is 2.37 bits per heavy atom. The quantitative estimate of drug-likeness (QED) is 0.525. The monoisotopic (exact) mass is 475 g/mol. The van der Waals surface area contributed by atoms with Gasteiger partial charge < -0.3 is 25.2 Å². The van der Waals surface area contributed by atoms with Crippen molar-refractivity contribution in [2.45, 2.75) is 32.0 Å². The molecule has 2 aliphatic rings. The lowest BCUT2D eigenvalue weighted by Crippen LogP contribution is -2.51. The van der Waals surface area contributed by atoms with Gasteiger partial charge in [0.05, 0.1) is 18.8 Å². The minimum absolute atomic E-state index is 0.0165. The van der Waals surface area contributed by atoms with Gasteiger partial charge >= 0.3 is 0 Å². The highest BCUT2D eigenvalue weighted by molar-refractivity contribution is 5.41. The normalized spacial score (nSPS) is 25.5. The van der Waals surface area contributed by atoms with Crippen LogP contribution in [0, 0.1) is 5.92 Å². The van der Waals surface area contributed by atoms with Crippen LogP contribution in [-0.2, 0) is 16.1 Å². The largest absolute Gasteiger partial charge is 0.399 e. The first-order valence-corrected chi connectivity index (χ1v) is 12.2. The molecule has 8 nitrogen and oxygen atoms in total. The Balaban J connectivity index is 1.32. The van der Waals surface area contributed by atoms with E-state index in [4.69, 9.17) is 15.2 Å². The van der Waals surface area contributed by atoms with Crippen LogP contribution in [0.5, 0.6) is 0 Å². The van der Waals surface area contributed by atoms with E-state index < -0.39 is 6.29 Å². The molecule has 3 aromatic rings. The van der Waals surface area contributed by atoms with Gasteiger partial charge in [-0.15, -0.1) is 0 Å². The molecular formula is C27H33N5O3. The number of ether oxygens (including phenoxy) is 2. The van der Waals surface area contributed by atoms with E-state index in [2.05, 4.69) is 26.7 Å². The van der Waals surface area contributed by atoms with E-state index in [9.17, 15) is 5.11 Å². The Labute approximate surface area is 206 Å². The van der Waals surface area contributed by atoms with Crippen molar-refractivity contribution >= 4 is 11.6 Å². The van der Waals surface area contributed by atoms with Crippen molar-refractivity contribution in [1.82, 2.24) is 14.9 Å². The third-order valence-electron chi connectivity index (χ3n) is 6.95. The summed E-state index contributed by atoms with van der Waals surface area (Å²) in [6, 6.07) is 17.6. The number of aliphatic hydroxyl groups excluding tert-OH is 1. The molecule has 2 fully saturated rings. The summed E-state index contributed by atoms with van der Waals surface area (Å²) in [7, 11) is 0. The molecule has 0 spiro atoms. The van der Waals surface area contributed by atoms with Gasteiger partial charge in [-0.3, -0.25) is 4.90 Å². The molecule has 2 aromatic carbocycles. The highest BCUT2D eigenvalue weighted by Crippen LogP contribution is 2.42. The molecule has 3 N–H and O–H groups in total. The zero-order chi connectivity index (χ0) is 24.2. The van der Waals surface area contributed by atoms with Gasteiger partial charge in [0.15, 0.2) is 6.29 Å². The van der Waals surface area contributed by atoms with Crippen LogP contribution in [-0.4, -0.2) is 58.8 Å². The lowest BCUT2D eigenvalue weighted by Gasteiger charge is -2.44. The van der Waals surface area contributed by atoms with Crippen LogP contribution in [0.2, 0.25) is 0 Å². The van der Waals surface area contributed by atoms with Crippen LogP contribution >= 0.6 is 0 Å². The van der Waals surface area contributed by atoms with Gasteiger partial charge in [0, 0.05) is 62.3 Å². The molecule has 0 amide bonds. The highest BCUT2D eigenvalue weighted by atomic mass is 16.7. The number of anilines is 2. The van der Waals surface area contributed by atoms with Crippen LogP contribution in [0.4, 0.5) is 11.6 Å². The number of nitrogens with zero attached hydrogens (tertiary/aromatic N) is 4. The number of hydrogen-bond donors (Lipinski definition) is 2. The number of nitrogen functional groups attached to an aromatic ring is 1. The third-order valence-corrected chi connectivity index (χ3v) is 6.95. The molecule has 0 aliphatic carbocycles. The first kappa shape index (κ1) is 23.7. The molecular weight excluding hydrogens is 442 g/mol. The van der Waals surface area contributed by atoms with Crippen molar-refractivity contribution in [3.63, 3.8) is 0 Å². The van der Waals surface area contributed by atoms with E-state index in [0.717, 1.165) is 55.4 Å². The van der Waals surface area contributed by atoms with Gasteiger partial charge in [0.2, 0.25) is 5.95 Å². The predicted molar refractivity (Wildman–Crippen MR) is 135 cm³/mol. The molecule has 4 atom stereocenters. The maximum Gasteiger partial charge on any atom is 0.225 e. The minimum atomic E-state index is -0.499. The number of aromatic nitrogens is 2. The van der Waals surface area contributed by atoms with Crippen LogP contribution in [0.1, 0.15) is 36.0 Å². The fourth-order valence-electron chi connectivity index (χ4n) is 4.87. The van der Waals surface area contributed by atoms with Crippen LogP contribution in [0.3, 0.4) is 0 Å². The summed E-state index contributed by atoms with van der Waals surface area (Å²) >= 11 is 0. The molecule has 0 saturated carbocycles. The maximum absolute atomic E-state index is 9.44. The summed E-state index contributed by atoms with van der Waals surface area (Å²) in [4.78, 5) is 13.5. The van der Waals surface area contributed by atoms with E-state index in [1.54, 1.807) is 12.4 Å². The first-order chi connectivity index (χ1) is 17.1. The first-order valence-electron chi connectivity index (χ1n) is 12.2. The fourth-order valence-corrected chi connectivity index (χ4v) is 4.87. The summed E-state index contributed by atoms with van der Waals surface area (Å²) in [6.07, 6.45) is 2.93. The lowest BCUT2D eigenvalue weighted by atomic mass is 9.90. The molecule has 2 aliphatic heterocycles. The van der Waals surface area contributed by atoms with E-state index in [0.29, 0.717) is 5.69 Å².